The minimum absolute atomic E-state index is 0. The van der Waals surface area contributed by atoms with Crippen LogP contribution in [0.1, 0.15) is 0 Å². The lowest BCUT2D eigenvalue weighted by Crippen LogP contribution is -3.00. The second-order valence-electron chi connectivity index (χ2n) is 3.90. The first-order valence-corrected chi connectivity index (χ1v) is 6.74. The third-order valence-electron chi connectivity index (χ3n) is 2.83. The van der Waals surface area contributed by atoms with Gasteiger partial charge in [-0.25, -0.2) is 9.97 Å². The van der Waals surface area contributed by atoms with Gasteiger partial charge in [-0.3, -0.25) is 0 Å². The van der Waals surface area contributed by atoms with E-state index in [1.807, 2.05) is 12.1 Å². The summed E-state index contributed by atoms with van der Waals surface area (Å²) in [6.45, 7) is 0. The summed E-state index contributed by atoms with van der Waals surface area (Å²) in [6, 6.07) is 16.8. The number of hydrogen-bond donors (Lipinski definition) is 1. The van der Waals surface area contributed by atoms with E-state index >= 15 is 0 Å². The Bertz CT molecular complexity index is 613. The van der Waals surface area contributed by atoms with E-state index in [1.165, 1.54) is 10.5 Å². The Morgan fingerprint density at radius 2 is 1.72 bits per heavy atom. The van der Waals surface area contributed by atoms with Crippen molar-refractivity contribution < 1.29 is 22.0 Å². The number of benzene rings is 2. The standard InChI is InChI=1S/C14H12N2S.BrH/c1-17-11-8-6-10(7-9-11)14-15-12-4-2-3-5-13(12)16-14;/h2-9H,1H3,(H,15,16);1H. The fourth-order valence-electron chi connectivity index (χ4n) is 1.90. The molecule has 0 fully saturated rings. The molecule has 2 N–H and O–H groups in total. The number of aromatic nitrogens is 2. The number of aromatic amines is 2. The monoisotopic (exact) mass is 320 g/mol. The maximum atomic E-state index is 3.39. The SMILES string of the molecule is CSc1ccc(-c2[nH]c3ccccc3[nH+]2)cc1.[Br-]. The van der Waals surface area contributed by atoms with Crippen molar-refractivity contribution in [1.82, 2.24) is 4.98 Å². The lowest BCUT2D eigenvalue weighted by molar-refractivity contribution is -0.330. The molecule has 0 aliphatic rings. The number of hydrogen-bond acceptors (Lipinski definition) is 1. The Balaban J connectivity index is 0.00000120. The first-order chi connectivity index (χ1) is 8.36. The van der Waals surface area contributed by atoms with E-state index in [-0.39, 0.29) is 17.0 Å². The van der Waals surface area contributed by atoms with Gasteiger partial charge in [-0.1, -0.05) is 12.1 Å². The predicted octanol–water partition coefficient (Wildman–Crippen LogP) is 0.375. The third kappa shape index (κ3) is 2.44. The molecule has 3 aromatic rings. The Labute approximate surface area is 121 Å². The van der Waals surface area contributed by atoms with E-state index in [0.717, 1.165) is 16.9 Å². The van der Waals surface area contributed by atoms with Gasteiger partial charge in [0.25, 0.3) is 5.82 Å². The highest BCUT2D eigenvalue weighted by Crippen LogP contribution is 2.20. The molecule has 3 rings (SSSR count). The van der Waals surface area contributed by atoms with Crippen molar-refractivity contribution in [3.63, 3.8) is 0 Å². The second-order valence-corrected chi connectivity index (χ2v) is 4.78. The molecular weight excluding hydrogens is 308 g/mol. The van der Waals surface area contributed by atoms with E-state index in [1.54, 1.807) is 11.8 Å². The average molecular weight is 321 g/mol. The molecule has 1 heterocycles. The van der Waals surface area contributed by atoms with Gasteiger partial charge in [-0.2, -0.15) is 0 Å². The van der Waals surface area contributed by atoms with Crippen LogP contribution < -0.4 is 22.0 Å². The summed E-state index contributed by atoms with van der Waals surface area (Å²) < 4.78 is 0. The molecule has 92 valence electrons. The van der Waals surface area contributed by atoms with Crippen LogP contribution in [0.25, 0.3) is 22.4 Å². The molecule has 4 heteroatoms. The van der Waals surface area contributed by atoms with Crippen molar-refractivity contribution in [2.45, 2.75) is 4.90 Å². The number of fused-ring (bicyclic) bond motifs is 1. The molecule has 0 radical (unpaired) electrons. The largest absolute Gasteiger partial charge is 1.00 e. The molecule has 0 unspecified atom stereocenters. The molecule has 0 saturated carbocycles. The van der Waals surface area contributed by atoms with Crippen LogP contribution in [0.15, 0.2) is 53.4 Å². The fourth-order valence-corrected chi connectivity index (χ4v) is 2.31. The van der Waals surface area contributed by atoms with Crippen LogP contribution in [-0.4, -0.2) is 11.2 Å². The molecule has 0 amide bonds. The third-order valence-corrected chi connectivity index (χ3v) is 3.57. The molecular formula is C14H13BrN2S. The van der Waals surface area contributed by atoms with Gasteiger partial charge in [0.1, 0.15) is 0 Å². The van der Waals surface area contributed by atoms with Crippen LogP contribution in [0.5, 0.6) is 0 Å². The minimum atomic E-state index is 0. The number of nitrogens with one attached hydrogen (secondary N) is 2. The zero-order valence-corrected chi connectivity index (χ0v) is 12.3. The number of halogens is 1. The molecule has 2 nitrogen and oxygen atoms in total. The van der Waals surface area contributed by atoms with Crippen LogP contribution >= 0.6 is 11.8 Å². The van der Waals surface area contributed by atoms with Gasteiger partial charge in [-0.15, -0.1) is 11.8 Å². The van der Waals surface area contributed by atoms with Crippen molar-refractivity contribution in [2.75, 3.05) is 6.26 Å². The normalized spacial score (nSPS) is 10.3. The Morgan fingerprint density at radius 1 is 1.00 bits per heavy atom. The van der Waals surface area contributed by atoms with Crippen molar-refractivity contribution in [3.8, 4) is 11.4 Å². The predicted molar refractivity (Wildman–Crippen MR) is 72.1 cm³/mol. The number of rotatable bonds is 2. The van der Waals surface area contributed by atoms with E-state index in [0.29, 0.717) is 0 Å². The van der Waals surface area contributed by atoms with Crippen molar-refractivity contribution in [3.05, 3.63) is 48.5 Å². The zero-order chi connectivity index (χ0) is 11.7. The molecule has 0 spiro atoms. The summed E-state index contributed by atoms with van der Waals surface area (Å²) >= 11 is 1.76. The maximum absolute atomic E-state index is 3.39. The average Bonchev–Trinajstić information content (AvgIpc) is 2.82. The number of para-hydroxylation sites is 2. The molecule has 0 atom stereocenters. The van der Waals surface area contributed by atoms with Crippen LogP contribution in [0.4, 0.5) is 0 Å². The molecule has 0 aliphatic carbocycles. The van der Waals surface area contributed by atoms with Gasteiger partial charge in [0.05, 0.1) is 5.56 Å². The van der Waals surface area contributed by atoms with Crippen LogP contribution in [0, 0.1) is 0 Å². The van der Waals surface area contributed by atoms with E-state index < -0.39 is 0 Å². The summed E-state index contributed by atoms with van der Waals surface area (Å²) in [5, 5.41) is 0. The van der Waals surface area contributed by atoms with Gasteiger partial charge in [0.2, 0.25) is 0 Å². The number of imidazole rings is 1. The molecule has 0 bridgehead atoms. The molecule has 0 saturated heterocycles. The smallest absolute Gasteiger partial charge is 0.285 e. The van der Waals surface area contributed by atoms with Crippen LogP contribution in [-0.2, 0) is 0 Å². The zero-order valence-electron chi connectivity index (χ0n) is 9.91. The molecule has 0 aliphatic heterocycles. The number of thioether (sulfide) groups is 1. The lowest BCUT2D eigenvalue weighted by atomic mass is 10.2. The summed E-state index contributed by atoms with van der Waals surface area (Å²) in [4.78, 5) is 8.06. The van der Waals surface area contributed by atoms with Gasteiger partial charge in [0.15, 0.2) is 11.0 Å². The second kappa shape index (κ2) is 5.59. The molecule has 1 aromatic heterocycles. The first kappa shape index (κ1) is 13.2. The highest BCUT2D eigenvalue weighted by Gasteiger charge is 2.10. The van der Waals surface area contributed by atoms with E-state index in [2.05, 4.69) is 52.6 Å². The van der Waals surface area contributed by atoms with Gasteiger partial charge < -0.3 is 17.0 Å². The van der Waals surface area contributed by atoms with E-state index in [9.17, 15) is 0 Å². The highest BCUT2D eigenvalue weighted by molar-refractivity contribution is 7.98. The summed E-state index contributed by atoms with van der Waals surface area (Å²) in [5.74, 6) is 1.05. The Kier molecular flexibility index (Phi) is 4.09. The Hall–Kier alpha value is -1.26. The maximum Gasteiger partial charge on any atom is 0.285 e. The lowest BCUT2D eigenvalue weighted by Gasteiger charge is -1.95. The summed E-state index contributed by atoms with van der Waals surface area (Å²) in [7, 11) is 0. The van der Waals surface area contributed by atoms with Crippen LogP contribution in [0.3, 0.4) is 0 Å². The fraction of sp³-hybridized carbons (Fsp3) is 0.0714. The van der Waals surface area contributed by atoms with Gasteiger partial charge >= 0.3 is 0 Å². The van der Waals surface area contributed by atoms with Crippen molar-refractivity contribution >= 4 is 22.8 Å². The topological polar surface area (TPSA) is 29.9 Å². The minimum Gasteiger partial charge on any atom is -1.00 e. The van der Waals surface area contributed by atoms with Crippen molar-refractivity contribution in [1.29, 1.82) is 0 Å². The van der Waals surface area contributed by atoms with Gasteiger partial charge in [-0.05, 0) is 42.7 Å². The van der Waals surface area contributed by atoms with Gasteiger partial charge in [0, 0.05) is 4.90 Å². The molecule has 18 heavy (non-hydrogen) atoms. The Morgan fingerprint density at radius 3 is 2.39 bits per heavy atom. The van der Waals surface area contributed by atoms with E-state index in [4.69, 9.17) is 0 Å². The number of H-pyrrole nitrogens is 2. The highest BCUT2D eigenvalue weighted by atomic mass is 79.9. The summed E-state index contributed by atoms with van der Waals surface area (Å²) in [5.41, 5.74) is 3.45. The van der Waals surface area contributed by atoms with Crippen LogP contribution in [0.2, 0.25) is 0 Å². The van der Waals surface area contributed by atoms with Crippen molar-refractivity contribution in [2.24, 2.45) is 0 Å². The molecule has 2 aromatic carbocycles. The quantitative estimate of drug-likeness (QED) is 0.680. The first-order valence-electron chi connectivity index (χ1n) is 5.51. The summed E-state index contributed by atoms with van der Waals surface area (Å²) in [6.07, 6.45) is 2.09.